The Hall–Kier alpha value is -1.23. The first-order valence-electron chi connectivity index (χ1n) is 19.2. The lowest BCUT2D eigenvalue weighted by molar-refractivity contribution is -0.166. The lowest BCUT2D eigenvalue weighted by Gasteiger charge is -2.56. The number of fused-ring (bicyclic) bond motifs is 10. The lowest BCUT2D eigenvalue weighted by Crippen LogP contribution is -2.51. The Bertz CT molecular complexity index is 1190. The summed E-state index contributed by atoms with van der Waals surface area (Å²) in [5.74, 6) is 8.62. The highest BCUT2D eigenvalue weighted by molar-refractivity contribution is 5.87. The normalized spacial score (nSPS) is 52.2. The molecule has 0 aliphatic heterocycles. The summed E-state index contributed by atoms with van der Waals surface area (Å²) in [4.78, 5) is 36.2. The summed E-state index contributed by atoms with van der Waals surface area (Å²) in [6.45, 7) is 10.2. The molecule has 260 valence electrons. The SMILES string of the molecule is C.CC(=O)O[C@]1(C)CC[C@H]2[C@H](CC[C@@H]3[C@@H]2CC[C@]2(C)C(=O)CC[C@@H]32)C1.C[C@@]1(O)CC[C@H]2[C@H](CC[C@@H]3[C@@H]2CC[C@]2(C)C(=O)CC[C@@H]32)C1. The van der Waals surface area contributed by atoms with Crippen LogP contribution in [0.15, 0.2) is 0 Å². The lowest BCUT2D eigenvalue weighted by atomic mass is 9.50. The molecule has 0 aromatic rings. The largest absolute Gasteiger partial charge is 0.460 e. The number of carbonyl (C=O) groups excluding carboxylic acids is 3. The highest BCUT2D eigenvalue weighted by Gasteiger charge is 2.59. The van der Waals surface area contributed by atoms with Crippen LogP contribution in [0.2, 0.25) is 0 Å². The first-order chi connectivity index (χ1) is 21.2. The predicted octanol–water partition coefficient (Wildman–Crippen LogP) is 9.13. The highest BCUT2D eigenvalue weighted by Crippen LogP contribution is 2.63. The smallest absolute Gasteiger partial charge is 0.303 e. The van der Waals surface area contributed by atoms with Gasteiger partial charge in [-0.2, -0.15) is 0 Å². The predicted molar refractivity (Wildman–Crippen MR) is 182 cm³/mol. The summed E-state index contributed by atoms with van der Waals surface area (Å²) in [7, 11) is 0. The van der Waals surface area contributed by atoms with Crippen LogP contribution in [0.25, 0.3) is 0 Å². The maximum Gasteiger partial charge on any atom is 0.303 e. The van der Waals surface area contributed by atoms with E-state index in [4.69, 9.17) is 4.74 Å². The standard InChI is InChI=1S/C21H32O3.C19H30O2.CH4/c1-13(22)24-20(2)10-8-15-14(12-20)4-5-17-16(15)9-11-21(3)18(17)6-7-19(21)23;1-18(21)9-7-13-12(11-18)3-4-15-14(13)8-10-19(2)16(15)5-6-17(19)20;/h14-18H,4-12H2,1-3H3;12-16,21H,3-11H2,1-2H3;1H4/t14-,15+,16-,17-,18+,20-,21+;12-,13+,14-,15-,16+,18-,19+;/m11./s1. The van der Waals surface area contributed by atoms with Gasteiger partial charge in [-0.05, 0) is 176 Å². The third-order valence-electron chi connectivity index (χ3n) is 16.3. The van der Waals surface area contributed by atoms with Crippen molar-refractivity contribution in [1.29, 1.82) is 0 Å². The molecule has 0 saturated heterocycles. The Balaban J connectivity index is 0.000000159. The second-order valence-corrected chi connectivity index (χ2v) is 18.7. The summed E-state index contributed by atoms with van der Waals surface area (Å²) < 4.78 is 5.68. The van der Waals surface area contributed by atoms with Crippen LogP contribution >= 0.6 is 0 Å². The molecule has 0 heterocycles. The van der Waals surface area contributed by atoms with E-state index < -0.39 is 5.60 Å². The monoisotopic (exact) mass is 638 g/mol. The average Bonchev–Trinajstić information content (AvgIpc) is 3.46. The van der Waals surface area contributed by atoms with E-state index in [0.717, 1.165) is 106 Å². The molecule has 8 aliphatic rings. The number of rotatable bonds is 1. The third-order valence-corrected chi connectivity index (χ3v) is 16.3. The number of hydrogen-bond donors (Lipinski definition) is 1. The average molecular weight is 639 g/mol. The summed E-state index contributed by atoms with van der Waals surface area (Å²) in [5, 5.41) is 10.4. The number of ketones is 2. The van der Waals surface area contributed by atoms with Crippen molar-refractivity contribution < 1.29 is 24.2 Å². The van der Waals surface area contributed by atoms with Gasteiger partial charge in [0, 0.05) is 30.6 Å². The Labute approximate surface area is 280 Å². The van der Waals surface area contributed by atoms with Gasteiger partial charge in [0.2, 0.25) is 0 Å². The third kappa shape index (κ3) is 5.77. The van der Waals surface area contributed by atoms with Crippen molar-refractivity contribution >= 4 is 17.5 Å². The van der Waals surface area contributed by atoms with E-state index in [9.17, 15) is 19.5 Å². The quantitative estimate of drug-likeness (QED) is 0.290. The molecule has 0 aromatic heterocycles. The maximum atomic E-state index is 12.4. The van der Waals surface area contributed by atoms with E-state index in [0.29, 0.717) is 29.3 Å². The van der Waals surface area contributed by atoms with Crippen molar-refractivity contribution in [3.63, 3.8) is 0 Å². The molecule has 8 aliphatic carbocycles. The number of esters is 1. The van der Waals surface area contributed by atoms with Crippen LogP contribution < -0.4 is 0 Å². The second kappa shape index (κ2) is 12.3. The van der Waals surface area contributed by atoms with E-state index in [2.05, 4.69) is 20.8 Å². The topological polar surface area (TPSA) is 80.7 Å². The van der Waals surface area contributed by atoms with E-state index in [1.807, 2.05) is 6.92 Å². The Morgan fingerprint density at radius 2 is 1.07 bits per heavy atom. The molecule has 0 radical (unpaired) electrons. The van der Waals surface area contributed by atoms with E-state index in [1.165, 1.54) is 58.3 Å². The molecule has 14 atom stereocenters. The molecule has 46 heavy (non-hydrogen) atoms. The van der Waals surface area contributed by atoms with Gasteiger partial charge in [-0.3, -0.25) is 14.4 Å². The molecule has 5 nitrogen and oxygen atoms in total. The highest BCUT2D eigenvalue weighted by atomic mass is 16.6. The number of aliphatic hydroxyl groups is 1. The van der Waals surface area contributed by atoms with Gasteiger partial charge in [-0.15, -0.1) is 0 Å². The van der Waals surface area contributed by atoms with Gasteiger partial charge < -0.3 is 9.84 Å². The van der Waals surface area contributed by atoms with Crippen molar-refractivity contribution in [2.24, 2.45) is 70.0 Å². The molecule has 0 bridgehead atoms. The van der Waals surface area contributed by atoms with Crippen LogP contribution in [0.3, 0.4) is 0 Å². The van der Waals surface area contributed by atoms with Crippen LogP contribution in [-0.2, 0) is 19.1 Å². The fourth-order valence-electron chi connectivity index (χ4n) is 14.1. The fourth-order valence-corrected chi connectivity index (χ4v) is 14.1. The van der Waals surface area contributed by atoms with Crippen LogP contribution in [0.5, 0.6) is 0 Å². The van der Waals surface area contributed by atoms with Crippen LogP contribution in [0.4, 0.5) is 0 Å². The summed E-state index contributed by atoms with van der Waals surface area (Å²) in [6, 6.07) is 0. The van der Waals surface area contributed by atoms with Gasteiger partial charge in [0.05, 0.1) is 5.60 Å². The number of carbonyl (C=O) groups is 3. The van der Waals surface area contributed by atoms with Crippen molar-refractivity contribution in [2.45, 2.75) is 169 Å². The Morgan fingerprint density at radius 1 is 0.609 bits per heavy atom. The summed E-state index contributed by atoms with van der Waals surface area (Å²) in [5.41, 5.74) is -0.643. The Kier molecular flexibility index (Phi) is 9.24. The van der Waals surface area contributed by atoms with Gasteiger partial charge >= 0.3 is 5.97 Å². The minimum atomic E-state index is -0.416. The molecule has 0 spiro atoms. The van der Waals surface area contributed by atoms with Crippen molar-refractivity contribution in [1.82, 2.24) is 0 Å². The van der Waals surface area contributed by atoms with Gasteiger partial charge in [-0.1, -0.05) is 21.3 Å². The van der Waals surface area contributed by atoms with Crippen LogP contribution in [0, 0.1) is 70.0 Å². The number of ether oxygens (including phenoxy) is 1. The van der Waals surface area contributed by atoms with Crippen LogP contribution in [-0.4, -0.2) is 33.8 Å². The molecule has 0 unspecified atom stereocenters. The first kappa shape index (κ1) is 34.6. The van der Waals surface area contributed by atoms with Crippen molar-refractivity contribution in [2.75, 3.05) is 0 Å². The zero-order valence-electron chi connectivity index (χ0n) is 29.1. The molecule has 8 fully saturated rings. The molecule has 0 aromatic carbocycles. The molecule has 0 amide bonds. The summed E-state index contributed by atoms with van der Waals surface area (Å²) >= 11 is 0. The van der Waals surface area contributed by atoms with E-state index in [1.54, 1.807) is 0 Å². The molecule has 5 heteroatoms. The van der Waals surface area contributed by atoms with E-state index in [-0.39, 0.29) is 29.8 Å². The molecular weight excluding hydrogens is 572 g/mol. The number of Topliss-reactive ketones (excluding diaryl/α,β-unsaturated/α-hetero) is 2. The minimum Gasteiger partial charge on any atom is -0.460 e. The van der Waals surface area contributed by atoms with Crippen molar-refractivity contribution in [3.8, 4) is 0 Å². The van der Waals surface area contributed by atoms with Gasteiger partial charge in [0.25, 0.3) is 0 Å². The molecule has 8 saturated carbocycles. The second-order valence-electron chi connectivity index (χ2n) is 18.7. The van der Waals surface area contributed by atoms with Crippen molar-refractivity contribution in [3.05, 3.63) is 0 Å². The Morgan fingerprint density at radius 3 is 1.57 bits per heavy atom. The zero-order chi connectivity index (χ0) is 31.9. The summed E-state index contributed by atoms with van der Waals surface area (Å²) in [6.07, 6.45) is 20.4. The van der Waals surface area contributed by atoms with Gasteiger partial charge in [0.15, 0.2) is 0 Å². The fraction of sp³-hybridized carbons (Fsp3) is 0.927. The minimum absolute atomic E-state index is 0. The maximum absolute atomic E-state index is 12.4. The van der Waals surface area contributed by atoms with Gasteiger partial charge in [0.1, 0.15) is 17.2 Å². The van der Waals surface area contributed by atoms with E-state index >= 15 is 0 Å². The molecule has 1 N–H and O–H groups in total. The molecule has 8 rings (SSSR count). The van der Waals surface area contributed by atoms with Crippen LogP contribution in [0.1, 0.15) is 158 Å². The number of hydrogen-bond acceptors (Lipinski definition) is 5. The molecular formula is C41H66O5. The zero-order valence-corrected chi connectivity index (χ0v) is 29.1. The first-order valence-corrected chi connectivity index (χ1v) is 19.2. The van der Waals surface area contributed by atoms with Gasteiger partial charge in [-0.25, -0.2) is 0 Å².